The van der Waals surface area contributed by atoms with Gasteiger partial charge in [0.2, 0.25) is 11.8 Å². The number of carbonyl (C=O) groups excluding carboxylic acids is 3. The molecule has 2 aromatic rings. The topological polar surface area (TPSA) is 125 Å². The van der Waals surface area contributed by atoms with Gasteiger partial charge >= 0.3 is 6.03 Å². The van der Waals surface area contributed by atoms with Crippen molar-refractivity contribution in [2.24, 2.45) is 0 Å². The molecule has 10 heteroatoms. The van der Waals surface area contributed by atoms with Gasteiger partial charge in [-0.05, 0) is 35.9 Å². The lowest BCUT2D eigenvalue weighted by molar-refractivity contribution is -0.125. The van der Waals surface area contributed by atoms with Gasteiger partial charge in [0.15, 0.2) is 0 Å². The Morgan fingerprint density at radius 1 is 1.03 bits per heavy atom. The summed E-state index contributed by atoms with van der Waals surface area (Å²) in [6.45, 7) is -0.0690. The SMILES string of the molecule is O=C(CCN1C(=O)CNC1=O)Nc1ccc(NS(=O)(=O)C=Cc2ccccc2)cc1. The summed E-state index contributed by atoms with van der Waals surface area (Å²) in [6.07, 6.45) is 1.44. The van der Waals surface area contributed by atoms with E-state index >= 15 is 0 Å². The first kappa shape index (κ1) is 21.1. The van der Waals surface area contributed by atoms with Crippen LogP contribution in [0.25, 0.3) is 6.08 Å². The summed E-state index contributed by atoms with van der Waals surface area (Å²) in [5.74, 6) is -0.743. The largest absolute Gasteiger partial charge is 0.329 e. The first-order valence-corrected chi connectivity index (χ1v) is 10.6. The number of benzene rings is 2. The lowest BCUT2D eigenvalue weighted by Crippen LogP contribution is -2.33. The highest BCUT2D eigenvalue weighted by Gasteiger charge is 2.28. The van der Waals surface area contributed by atoms with E-state index in [0.29, 0.717) is 11.4 Å². The molecule has 1 aliphatic rings. The van der Waals surface area contributed by atoms with E-state index in [2.05, 4.69) is 15.4 Å². The van der Waals surface area contributed by atoms with Crippen LogP contribution in [0.5, 0.6) is 0 Å². The van der Waals surface area contributed by atoms with Crippen LogP contribution in [-0.2, 0) is 19.6 Å². The van der Waals surface area contributed by atoms with Crippen LogP contribution in [0.2, 0.25) is 0 Å². The fourth-order valence-electron chi connectivity index (χ4n) is 2.67. The van der Waals surface area contributed by atoms with Crippen molar-refractivity contribution < 1.29 is 22.8 Å². The number of amides is 4. The molecule has 3 N–H and O–H groups in total. The van der Waals surface area contributed by atoms with Crippen LogP contribution in [0.3, 0.4) is 0 Å². The fraction of sp³-hybridized carbons (Fsp3) is 0.150. The third-order valence-corrected chi connectivity index (χ3v) is 5.18. The second kappa shape index (κ2) is 9.23. The quantitative estimate of drug-likeness (QED) is 0.555. The normalized spacial score (nSPS) is 14.1. The minimum atomic E-state index is -3.69. The molecule has 1 heterocycles. The Labute approximate surface area is 173 Å². The summed E-state index contributed by atoms with van der Waals surface area (Å²) >= 11 is 0. The lowest BCUT2D eigenvalue weighted by Gasteiger charge is -2.12. The molecule has 30 heavy (non-hydrogen) atoms. The fourth-order valence-corrected chi connectivity index (χ4v) is 3.54. The molecule has 0 radical (unpaired) electrons. The number of anilines is 2. The van der Waals surface area contributed by atoms with Gasteiger partial charge in [-0.15, -0.1) is 0 Å². The highest BCUT2D eigenvalue weighted by atomic mass is 32.2. The number of nitrogens with one attached hydrogen (secondary N) is 3. The van der Waals surface area contributed by atoms with E-state index in [4.69, 9.17) is 0 Å². The van der Waals surface area contributed by atoms with Gasteiger partial charge in [-0.3, -0.25) is 19.2 Å². The summed E-state index contributed by atoms with van der Waals surface area (Å²) in [5, 5.41) is 6.09. The molecule has 9 nitrogen and oxygen atoms in total. The Bertz CT molecular complexity index is 1050. The standard InChI is InChI=1S/C20H20N4O5S/c25-18(10-12-24-19(26)14-21-20(24)27)22-16-6-8-17(9-7-16)23-30(28,29)13-11-15-4-2-1-3-5-15/h1-9,11,13,23H,10,12,14H2,(H,21,27)(H,22,25). The molecule has 4 amide bonds. The Balaban J connectivity index is 1.51. The molecule has 0 saturated carbocycles. The van der Waals surface area contributed by atoms with Crippen molar-refractivity contribution >= 4 is 45.3 Å². The number of sulfonamides is 1. The maximum Gasteiger partial charge on any atom is 0.324 e. The first-order valence-electron chi connectivity index (χ1n) is 9.06. The Morgan fingerprint density at radius 3 is 2.33 bits per heavy atom. The van der Waals surface area contributed by atoms with Crippen molar-refractivity contribution in [1.82, 2.24) is 10.2 Å². The zero-order valence-corrected chi connectivity index (χ0v) is 16.7. The Kier molecular flexibility index (Phi) is 6.48. The second-order valence-corrected chi connectivity index (χ2v) is 8.01. The molecule has 0 aromatic heterocycles. The van der Waals surface area contributed by atoms with Crippen molar-refractivity contribution in [3.8, 4) is 0 Å². The molecule has 156 valence electrons. The molecule has 3 rings (SSSR count). The Morgan fingerprint density at radius 2 is 1.70 bits per heavy atom. The van der Waals surface area contributed by atoms with E-state index in [0.717, 1.165) is 15.9 Å². The zero-order chi connectivity index (χ0) is 21.6. The van der Waals surface area contributed by atoms with Crippen LogP contribution in [-0.4, -0.2) is 44.3 Å². The molecule has 0 atom stereocenters. The minimum Gasteiger partial charge on any atom is -0.329 e. The highest BCUT2D eigenvalue weighted by molar-refractivity contribution is 7.95. The van der Waals surface area contributed by atoms with E-state index in [1.54, 1.807) is 24.3 Å². The number of hydrogen-bond donors (Lipinski definition) is 3. The van der Waals surface area contributed by atoms with Crippen molar-refractivity contribution in [3.05, 3.63) is 65.6 Å². The van der Waals surface area contributed by atoms with Crippen LogP contribution in [0.4, 0.5) is 16.2 Å². The smallest absolute Gasteiger partial charge is 0.324 e. The molecular formula is C20H20N4O5S. The zero-order valence-electron chi connectivity index (χ0n) is 15.9. The summed E-state index contributed by atoms with van der Waals surface area (Å²) < 4.78 is 26.8. The summed E-state index contributed by atoms with van der Waals surface area (Å²) in [5.41, 5.74) is 1.55. The van der Waals surface area contributed by atoms with Gasteiger partial charge in [-0.25, -0.2) is 13.2 Å². The molecule has 0 aliphatic carbocycles. The predicted octanol–water partition coefficient (Wildman–Crippen LogP) is 1.98. The van der Waals surface area contributed by atoms with Crippen LogP contribution in [0.1, 0.15) is 12.0 Å². The van der Waals surface area contributed by atoms with E-state index in [9.17, 15) is 22.8 Å². The lowest BCUT2D eigenvalue weighted by atomic mass is 10.2. The number of carbonyl (C=O) groups is 3. The average molecular weight is 428 g/mol. The number of nitrogens with zero attached hydrogens (tertiary/aromatic N) is 1. The molecule has 1 saturated heterocycles. The van der Waals surface area contributed by atoms with Crippen molar-refractivity contribution in [2.75, 3.05) is 23.1 Å². The van der Waals surface area contributed by atoms with Crippen LogP contribution < -0.4 is 15.4 Å². The van der Waals surface area contributed by atoms with Crippen molar-refractivity contribution in [2.45, 2.75) is 6.42 Å². The van der Waals surface area contributed by atoms with Gasteiger partial charge in [0, 0.05) is 24.3 Å². The van der Waals surface area contributed by atoms with Gasteiger partial charge < -0.3 is 10.6 Å². The molecule has 1 fully saturated rings. The van der Waals surface area contributed by atoms with Crippen LogP contribution >= 0.6 is 0 Å². The second-order valence-electron chi connectivity index (χ2n) is 6.44. The van der Waals surface area contributed by atoms with E-state index < -0.39 is 16.1 Å². The summed E-state index contributed by atoms with van der Waals surface area (Å²) in [4.78, 5) is 35.9. The number of hydrogen-bond acceptors (Lipinski definition) is 5. The minimum absolute atomic E-state index is 0.0118. The van der Waals surface area contributed by atoms with Gasteiger partial charge in [-0.2, -0.15) is 0 Å². The third kappa shape index (κ3) is 5.92. The van der Waals surface area contributed by atoms with E-state index in [1.807, 2.05) is 18.2 Å². The summed E-state index contributed by atoms with van der Waals surface area (Å²) in [7, 11) is -3.69. The average Bonchev–Trinajstić information content (AvgIpc) is 3.04. The number of rotatable bonds is 8. The molecule has 0 unspecified atom stereocenters. The van der Waals surface area contributed by atoms with Crippen LogP contribution in [0.15, 0.2) is 60.0 Å². The van der Waals surface area contributed by atoms with Crippen LogP contribution in [0, 0.1) is 0 Å². The molecule has 1 aliphatic heterocycles. The number of imide groups is 1. The number of urea groups is 1. The summed E-state index contributed by atoms with van der Waals surface area (Å²) in [6, 6.07) is 14.6. The van der Waals surface area contributed by atoms with Crippen molar-refractivity contribution in [3.63, 3.8) is 0 Å². The van der Waals surface area contributed by atoms with E-state index in [1.165, 1.54) is 18.2 Å². The maximum absolute atomic E-state index is 12.2. The van der Waals surface area contributed by atoms with Crippen molar-refractivity contribution in [1.29, 1.82) is 0 Å². The van der Waals surface area contributed by atoms with Gasteiger partial charge in [0.25, 0.3) is 10.0 Å². The maximum atomic E-state index is 12.2. The Hall–Kier alpha value is -3.66. The predicted molar refractivity (Wildman–Crippen MR) is 113 cm³/mol. The third-order valence-electron chi connectivity index (χ3n) is 4.17. The highest BCUT2D eigenvalue weighted by Crippen LogP contribution is 2.16. The first-order chi connectivity index (χ1) is 14.3. The van der Waals surface area contributed by atoms with Gasteiger partial charge in [0.05, 0.1) is 12.0 Å². The monoisotopic (exact) mass is 428 g/mol. The molecular weight excluding hydrogens is 408 g/mol. The van der Waals surface area contributed by atoms with Gasteiger partial charge in [0.1, 0.15) is 0 Å². The molecule has 0 spiro atoms. The van der Waals surface area contributed by atoms with E-state index in [-0.39, 0.29) is 31.3 Å². The molecule has 2 aromatic carbocycles. The molecule has 0 bridgehead atoms. The van der Waals surface area contributed by atoms with Gasteiger partial charge in [-0.1, -0.05) is 30.3 Å².